The van der Waals surface area contributed by atoms with Gasteiger partial charge in [0, 0.05) is 5.41 Å². The predicted octanol–water partition coefficient (Wildman–Crippen LogP) is 2.12. The Morgan fingerprint density at radius 3 is 2.42 bits per heavy atom. The summed E-state index contributed by atoms with van der Waals surface area (Å²) in [5, 5.41) is 3.80. The van der Waals surface area contributed by atoms with Crippen molar-refractivity contribution >= 4 is 11.7 Å². The lowest BCUT2D eigenvalue weighted by Gasteiger charge is -2.24. The molecular formula is C9H15NO2. The fourth-order valence-electron chi connectivity index (χ4n) is 1.29. The molecule has 1 aliphatic rings. The van der Waals surface area contributed by atoms with Crippen LogP contribution < -0.4 is 0 Å². The molecule has 0 fully saturated rings. The first-order valence-electron chi connectivity index (χ1n) is 4.39. The van der Waals surface area contributed by atoms with Crippen LogP contribution in [0.4, 0.5) is 0 Å². The number of carbonyl (C=O) groups is 1. The first-order valence-corrected chi connectivity index (χ1v) is 4.39. The summed E-state index contributed by atoms with van der Waals surface area (Å²) in [7, 11) is 0. The zero-order chi connectivity index (χ0) is 9.19. The minimum Gasteiger partial charge on any atom is -0.318 e. The van der Waals surface area contributed by atoms with E-state index in [1.807, 2.05) is 0 Å². The lowest BCUT2D eigenvalue weighted by molar-refractivity contribution is -0.140. The quantitative estimate of drug-likeness (QED) is 0.607. The number of hydrogen-bond donors (Lipinski definition) is 0. The summed E-state index contributed by atoms with van der Waals surface area (Å²) in [6, 6.07) is 0. The largest absolute Gasteiger partial charge is 0.340 e. The van der Waals surface area contributed by atoms with Gasteiger partial charge in [0.2, 0.25) is 0 Å². The highest BCUT2D eigenvalue weighted by atomic mass is 16.7. The van der Waals surface area contributed by atoms with E-state index in [1.54, 1.807) is 0 Å². The third-order valence-corrected chi connectivity index (χ3v) is 2.83. The molecule has 12 heavy (non-hydrogen) atoms. The minimum atomic E-state index is -0.224. The molecule has 0 aromatic carbocycles. The molecule has 0 saturated heterocycles. The van der Waals surface area contributed by atoms with Crippen molar-refractivity contribution in [2.24, 2.45) is 10.6 Å². The van der Waals surface area contributed by atoms with E-state index in [0.717, 1.165) is 18.6 Å². The minimum absolute atomic E-state index is 0.0478. The summed E-state index contributed by atoms with van der Waals surface area (Å²) < 4.78 is 0. The van der Waals surface area contributed by atoms with Crippen LogP contribution in [0.2, 0.25) is 0 Å². The topological polar surface area (TPSA) is 38.7 Å². The molecule has 0 amide bonds. The van der Waals surface area contributed by atoms with E-state index in [-0.39, 0.29) is 11.4 Å². The van der Waals surface area contributed by atoms with Crippen LogP contribution in [0, 0.1) is 5.41 Å². The van der Waals surface area contributed by atoms with Gasteiger partial charge in [-0.3, -0.25) is 0 Å². The molecule has 1 rings (SSSR count). The molecule has 0 aromatic heterocycles. The van der Waals surface area contributed by atoms with Gasteiger partial charge in [-0.1, -0.05) is 25.9 Å². The number of carbonyl (C=O) groups excluding carboxylic acids is 1. The van der Waals surface area contributed by atoms with Gasteiger partial charge < -0.3 is 4.84 Å². The SMILES string of the molecule is CCC(C)(CC)C1=NOC(=O)C1. The maximum atomic E-state index is 10.8. The molecule has 0 N–H and O–H groups in total. The molecule has 0 spiro atoms. The fourth-order valence-corrected chi connectivity index (χ4v) is 1.29. The second-order valence-electron chi connectivity index (χ2n) is 3.45. The van der Waals surface area contributed by atoms with E-state index in [0.29, 0.717) is 6.42 Å². The maximum absolute atomic E-state index is 10.8. The number of oxime groups is 1. The Hall–Kier alpha value is -0.860. The van der Waals surface area contributed by atoms with Gasteiger partial charge in [-0.15, -0.1) is 0 Å². The lowest BCUT2D eigenvalue weighted by atomic mass is 9.79. The highest BCUT2D eigenvalue weighted by Gasteiger charge is 2.32. The summed E-state index contributed by atoms with van der Waals surface area (Å²) in [6.07, 6.45) is 2.37. The van der Waals surface area contributed by atoms with E-state index in [1.165, 1.54) is 0 Å². The van der Waals surface area contributed by atoms with Crippen LogP contribution in [-0.2, 0) is 9.63 Å². The third-order valence-electron chi connectivity index (χ3n) is 2.83. The van der Waals surface area contributed by atoms with Crippen molar-refractivity contribution in [1.29, 1.82) is 0 Å². The van der Waals surface area contributed by atoms with Gasteiger partial charge >= 0.3 is 5.97 Å². The summed E-state index contributed by atoms with van der Waals surface area (Å²) >= 11 is 0. The normalized spacial score (nSPS) is 17.6. The van der Waals surface area contributed by atoms with Gasteiger partial charge in [-0.25, -0.2) is 4.79 Å². The van der Waals surface area contributed by atoms with Crippen molar-refractivity contribution in [3.8, 4) is 0 Å². The molecule has 0 atom stereocenters. The van der Waals surface area contributed by atoms with Gasteiger partial charge in [-0.05, 0) is 12.8 Å². The zero-order valence-corrected chi connectivity index (χ0v) is 7.89. The second-order valence-corrected chi connectivity index (χ2v) is 3.45. The smallest absolute Gasteiger partial charge is 0.318 e. The van der Waals surface area contributed by atoms with Crippen molar-refractivity contribution in [3.05, 3.63) is 0 Å². The van der Waals surface area contributed by atoms with Crippen LogP contribution in [0.1, 0.15) is 40.0 Å². The summed E-state index contributed by atoms with van der Waals surface area (Å²) in [5.41, 5.74) is 0.948. The molecule has 3 nitrogen and oxygen atoms in total. The van der Waals surface area contributed by atoms with Crippen LogP contribution in [-0.4, -0.2) is 11.7 Å². The van der Waals surface area contributed by atoms with Crippen molar-refractivity contribution in [2.45, 2.75) is 40.0 Å². The molecule has 0 unspecified atom stereocenters. The lowest BCUT2D eigenvalue weighted by Crippen LogP contribution is -2.25. The molecule has 3 heteroatoms. The molecule has 1 aliphatic heterocycles. The number of nitrogens with zero attached hydrogens (tertiary/aromatic N) is 1. The Morgan fingerprint density at radius 1 is 1.50 bits per heavy atom. The Bertz CT molecular complexity index is 217. The van der Waals surface area contributed by atoms with E-state index < -0.39 is 0 Å². The van der Waals surface area contributed by atoms with E-state index >= 15 is 0 Å². The van der Waals surface area contributed by atoms with Crippen LogP contribution in [0.15, 0.2) is 5.16 Å². The van der Waals surface area contributed by atoms with Gasteiger partial charge in [-0.2, -0.15) is 0 Å². The van der Waals surface area contributed by atoms with Crippen LogP contribution in [0.25, 0.3) is 0 Å². The zero-order valence-electron chi connectivity index (χ0n) is 7.89. The number of hydrogen-bond acceptors (Lipinski definition) is 3. The van der Waals surface area contributed by atoms with Gasteiger partial charge in [0.05, 0.1) is 12.1 Å². The molecule has 0 saturated carbocycles. The van der Waals surface area contributed by atoms with Crippen molar-refractivity contribution in [1.82, 2.24) is 0 Å². The van der Waals surface area contributed by atoms with Gasteiger partial charge in [0.15, 0.2) is 0 Å². The Morgan fingerprint density at radius 2 is 2.08 bits per heavy atom. The first kappa shape index (κ1) is 9.23. The van der Waals surface area contributed by atoms with Crippen molar-refractivity contribution in [2.75, 3.05) is 0 Å². The van der Waals surface area contributed by atoms with E-state index in [9.17, 15) is 4.79 Å². The standard InChI is InChI=1S/C9H15NO2/c1-4-9(3,5-2)7-6-8(11)12-10-7/h4-6H2,1-3H3. The summed E-state index contributed by atoms with van der Waals surface area (Å²) in [5.74, 6) is -0.224. The number of rotatable bonds is 3. The Labute approximate surface area is 72.8 Å². The highest BCUT2D eigenvalue weighted by Crippen LogP contribution is 2.31. The monoisotopic (exact) mass is 169 g/mol. The van der Waals surface area contributed by atoms with Gasteiger partial charge in [0.1, 0.15) is 0 Å². The molecular weight excluding hydrogens is 154 g/mol. The average Bonchev–Trinajstić information content (AvgIpc) is 2.51. The molecule has 68 valence electrons. The van der Waals surface area contributed by atoms with Crippen LogP contribution >= 0.6 is 0 Å². The third kappa shape index (κ3) is 1.49. The van der Waals surface area contributed by atoms with Crippen molar-refractivity contribution in [3.63, 3.8) is 0 Å². The van der Waals surface area contributed by atoms with Crippen LogP contribution in [0.3, 0.4) is 0 Å². The Balaban J connectivity index is 2.74. The second kappa shape index (κ2) is 3.25. The summed E-state index contributed by atoms with van der Waals surface area (Å²) in [4.78, 5) is 15.4. The van der Waals surface area contributed by atoms with Crippen molar-refractivity contribution < 1.29 is 9.63 Å². The molecule has 0 aliphatic carbocycles. The first-order chi connectivity index (χ1) is 5.62. The molecule has 0 aromatic rings. The molecule has 0 radical (unpaired) electrons. The van der Waals surface area contributed by atoms with Crippen LogP contribution in [0.5, 0.6) is 0 Å². The maximum Gasteiger partial charge on any atom is 0.340 e. The summed E-state index contributed by atoms with van der Waals surface area (Å²) in [6.45, 7) is 6.33. The highest BCUT2D eigenvalue weighted by molar-refractivity contribution is 6.04. The molecule has 1 heterocycles. The van der Waals surface area contributed by atoms with Gasteiger partial charge in [0.25, 0.3) is 0 Å². The van der Waals surface area contributed by atoms with E-state index in [2.05, 4.69) is 30.8 Å². The van der Waals surface area contributed by atoms with E-state index in [4.69, 9.17) is 0 Å². The average molecular weight is 169 g/mol. The predicted molar refractivity (Wildman–Crippen MR) is 46.8 cm³/mol. The molecule has 0 bridgehead atoms. The Kier molecular flexibility index (Phi) is 2.50. The fraction of sp³-hybridized carbons (Fsp3) is 0.778.